The Morgan fingerprint density at radius 2 is 2.21 bits per heavy atom. The van der Waals surface area contributed by atoms with Crippen LogP contribution in [-0.2, 0) is 9.47 Å². The molecule has 0 radical (unpaired) electrons. The first-order chi connectivity index (χ1) is 6.71. The van der Waals surface area contributed by atoms with E-state index in [1.807, 2.05) is 0 Å². The van der Waals surface area contributed by atoms with E-state index in [1.54, 1.807) is 26.0 Å². The third-order valence-corrected chi connectivity index (χ3v) is 3.27. The van der Waals surface area contributed by atoms with Crippen LogP contribution in [0.2, 0.25) is 0 Å². The molecule has 0 fully saturated rings. The minimum atomic E-state index is -0.184. The molecule has 82 valence electrons. The highest BCUT2D eigenvalue weighted by Crippen LogP contribution is 2.26. The molecule has 14 heavy (non-hydrogen) atoms. The Balaban J connectivity index is 2.48. The minimum Gasteiger partial charge on any atom is -0.366 e. The maximum absolute atomic E-state index is 5.24. The molecule has 0 spiro atoms. The largest absolute Gasteiger partial charge is 0.366 e. The standard InChI is InChI=1S/C9H18N2O2S/c1-5-6(2)10-9-11-7(12-3)8(13-4)14-9/h6-8H,5H2,1-4H3,(H,10,11)/t6?,7-,8+/m1/s1. The van der Waals surface area contributed by atoms with Gasteiger partial charge in [-0.05, 0) is 13.3 Å². The monoisotopic (exact) mass is 218 g/mol. The van der Waals surface area contributed by atoms with Crippen molar-refractivity contribution in [1.82, 2.24) is 5.32 Å². The second kappa shape index (κ2) is 5.58. The van der Waals surface area contributed by atoms with Crippen molar-refractivity contribution >= 4 is 16.9 Å². The summed E-state index contributed by atoms with van der Waals surface area (Å²) in [5.74, 6) is 0. The maximum atomic E-state index is 5.24. The van der Waals surface area contributed by atoms with Gasteiger partial charge in [-0.1, -0.05) is 18.7 Å². The van der Waals surface area contributed by atoms with Gasteiger partial charge in [0.05, 0.1) is 0 Å². The van der Waals surface area contributed by atoms with Crippen LogP contribution in [0, 0.1) is 0 Å². The van der Waals surface area contributed by atoms with E-state index >= 15 is 0 Å². The van der Waals surface area contributed by atoms with Crippen molar-refractivity contribution in [1.29, 1.82) is 0 Å². The zero-order valence-electron chi connectivity index (χ0n) is 9.11. The fourth-order valence-electron chi connectivity index (χ4n) is 1.09. The Morgan fingerprint density at radius 3 is 2.64 bits per heavy atom. The Morgan fingerprint density at radius 1 is 1.50 bits per heavy atom. The third-order valence-electron chi connectivity index (χ3n) is 2.16. The molecular weight excluding hydrogens is 200 g/mol. The number of rotatable bonds is 4. The predicted molar refractivity (Wildman–Crippen MR) is 59.5 cm³/mol. The predicted octanol–water partition coefficient (Wildman–Crippen LogP) is 1.42. The summed E-state index contributed by atoms with van der Waals surface area (Å²) < 4.78 is 10.4. The summed E-state index contributed by atoms with van der Waals surface area (Å²) in [6, 6.07) is 0.439. The van der Waals surface area contributed by atoms with E-state index in [0.29, 0.717) is 6.04 Å². The SMILES string of the molecule is CCC(C)NC1=N[C@H](OC)[C@@H](OC)S1. The van der Waals surface area contributed by atoms with E-state index in [9.17, 15) is 0 Å². The van der Waals surface area contributed by atoms with Gasteiger partial charge in [0.15, 0.2) is 16.8 Å². The van der Waals surface area contributed by atoms with Crippen LogP contribution in [0.3, 0.4) is 0 Å². The van der Waals surface area contributed by atoms with Gasteiger partial charge in [-0.3, -0.25) is 0 Å². The van der Waals surface area contributed by atoms with Gasteiger partial charge in [-0.15, -0.1) is 0 Å². The van der Waals surface area contributed by atoms with Crippen molar-refractivity contribution in [3.63, 3.8) is 0 Å². The first-order valence-corrected chi connectivity index (χ1v) is 5.65. The zero-order chi connectivity index (χ0) is 10.6. The molecule has 1 unspecified atom stereocenters. The lowest BCUT2D eigenvalue weighted by Crippen LogP contribution is -2.29. The van der Waals surface area contributed by atoms with Crippen molar-refractivity contribution in [3.05, 3.63) is 0 Å². The number of amidine groups is 1. The van der Waals surface area contributed by atoms with Gasteiger partial charge in [0.25, 0.3) is 0 Å². The van der Waals surface area contributed by atoms with Gasteiger partial charge in [-0.2, -0.15) is 0 Å². The van der Waals surface area contributed by atoms with Crippen molar-refractivity contribution in [2.24, 2.45) is 4.99 Å². The summed E-state index contributed by atoms with van der Waals surface area (Å²) in [4.78, 5) is 4.37. The molecule has 0 saturated carbocycles. The number of nitrogens with one attached hydrogen (secondary N) is 1. The van der Waals surface area contributed by atoms with Crippen LogP contribution in [0.1, 0.15) is 20.3 Å². The highest BCUT2D eigenvalue weighted by molar-refractivity contribution is 8.14. The van der Waals surface area contributed by atoms with E-state index in [-0.39, 0.29) is 11.7 Å². The van der Waals surface area contributed by atoms with Gasteiger partial charge in [-0.25, -0.2) is 4.99 Å². The Bertz CT molecular complexity index is 211. The number of methoxy groups -OCH3 is 2. The van der Waals surface area contributed by atoms with Crippen LogP contribution in [-0.4, -0.2) is 37.1 Å². The van der Waals surface area contributed by atoms with Crippen molar-refractivity contribution in [3.8, 4) is 0 Å². The molecule has 0 saturated heterocycles. The van der Waals surface area contributed by atoms with E-state index in [4.69, 9.17) is 9.47 Å². The van der Waals surface area contributed by atoms with Crippen LogP contribution < -0.4 is 5.32 Å². The van der Waals surface area contributed by atoms with Gasteiger partial charge in [0.2, 0.25) is 0 Å². The second-order valence-corrected chi connectivity index (χ2v) is 4.32. The average molecular weight is 218 g/mol. The molecule has 1 aliphatic rings. The number of aliphatic imine (C=N–C) groups is 1. The average Bonchev–Trinajstić information content (AvgIpc) is 2.59. The molecule has 5 heteroatoms. The maximum Gasteiger partial charge on any atom is 0.186 e. The van der Waals surface area contributed by atoms with Crippen molar-refractivity contribution in [2.45, 2.75) is 38.0 Å². The number of thioether (sulfide) groups is 1. The van der Waals surface area contributed by atoms with Crippen LogP contribution in [0.4, 0.5) is 0 Å². The molecule has 1 N–H and O–H groups in total. The Hall–Kier alpha value is -0.260. The van der Waals surface area contributed by atoms with Crippen LogP contribution in [0.25, 0.3) is 0 Å². The van der Waals surface area contributed by atoms with Crippen molar-refractivity contribution < 1.29 is 9.47 Å². The molecule has 1 rings (SSSR count). The Kier molecular flexibility index (Phi) is 4.71. The number of ether oxygens (including phenoxy) is 2. The zero-order valence-corrected chi connectivity index (χ0v) is 9.93. The molecule has 3 atom stereocenters. The van der Waals surface area contributed by atoms with Gasteiger partial charge < -0.3 is 14.8 Å². The molecular formula is C9H18N2O2S. The molecule has 0 aromatic heterocycles. The highest BCUT2D eigenvalue weighted by Gasteiger charge is 2.30. The van der Waals surface area contributed by atoms with Gasteiger partial charge in [0.1, 0.15) is 0 Å². The topological polar surface area (TPSA) is 42.9 Å². The molecule has 0 amide bonds. The van der Waals surface area contributed by atoms with E-state index in [2.05, 4.69) is 24.2 Å². The van der Waals surface area contributed by atoms with E-state index < -0.39 is 0 Å². The molecule has 0 bridgehead atoms. The van der Waals surface area contributed by atoms with E-state index in [1.165, 1.54) is 0 Å². The van der Waals surface area contributed by atoms with Crippen LogP contribution >= 0.6 is 11.8 Å². The second-order valence-electron chi connectivity index (χ2n) is 3.24. The normalized spacial score (nSPS) is 28.7. The molecule has 0 aliphatic carbocycles. The number of hydrogen-bond acceptors (Lipinski definition) is 5. The smallest absolute Gasteiger partial charge is 0.186 e. The summed E-state index contributed by atoms with van der Waals surface area (Å²) >= 11 is 1.58. The molecule has 0 aromatic carbocycles. The van der Waals surface area contributed by atoms with E-state index in [0.717, 1.165) is 11.6 Å². The minimum absolute atomic E-state index is 0.0217. The lowest BCUT2D eigenvalue weighted by Gasteiger charge is -2.13. The van der Waals surface area contributed by atoms with Crippen molar-refractivity contribution in [2.75, 3.05) is 14.2 Å². The highest BCUT2D eigenvalue weighted by atomic mass is 32.2. The summed E-state index contributed by atoms with van der Waals surface area (Å²) in [5.41, 5.74) is -0.0217. The first kappa shape index (κ1) is 11.8. The first-order valence-electron chi connectivity index (χ1n) is 4.77. The quantitative estimate of drug-likeness (QED) is 0.775. The van der Waals surface area contributed by atoms with Gasteiger partial charge >= 0.3 is 0 Å². The fourth-order valence-corrected chi connectivity index (χ4v) is 2.13. The van der Waals surface area contributed by atoms with Gasteiger partial charge in [0, 0.05) is 20.3 Å². The molecule has 4 nitrogen and oxygen atoms in total. The third kappa shape index (κ3) is 2.87. The van der Waals surface area contributed by atoms with Crippen LogP contribution in [0.15, 0.2) is 4.99 Å². The lowest BCUT2D eigenvalue weighted by atomic mass is 10.3. The van der Waals surface area contributed by atoms with Crippen LogP contribution in [0.5, 0.6) is 0 Å². The summed E-state index contributed by atoms with van der Waals surface area (Å²) in [7, 11) is 3.32. The number of hydrogen-bond donors (Lipinski definition) is 1. The summed E-state index contributed by atoms with van der Waals surface area (Å²) in [6.45, 7) is 4.27. The molecule has 0 aromatic rings. The number of nitrogens with zero attached hydrogens (tertiary/aromatic N) is 1. The summed E-state index contributed by atoms with van der Waals surface area (Å²) in [5, 5.41) is 4.22. The Labute approximate surface area is 89.4 Å². The fraction of sp³-hybridized carbons (Fsp3) is 0.889. The lowest BCUT2D eigenvalue weighted by molar-refractivity contribution is 0.0185. The molecule has 1 heterocycles. The summed E-state index contributed by atoms with van der Waals surface area (Å²) in [6.07, 6.45) is 0.895. The molecule has 1 aliphatic heterocycles.